The van der Waals surface area contributed by atoms with Crippen LogP contribution in [0.4, 0.5) is 0 Å². The number of amides is 1. The first-order valence-corrected chi connectivity index (χ1v) is 9.21. The molecule has 1 amide bonds. The number of nitrogens with zero attached hydrogens (tertiary/aromatic N) is 2. The van der Waals surface area contributed by atoms with Crippen molar-refractivity contribution in [3.63, 3.8) is 0 Å². The van der Waals surface area contributed by atoms with Crippen LogP contribution in [0.1, 0.15) is 23.2 Å². The summed E-state index contributed by atoms with van der Waals surface area (Å²) in [6, 6.07) is 12.1. The minimum Gasteiger partial charge on any atom is -0.497 e. The Balaban J connectivity index is 1.58. The van der Waals surface area contributed by atoms with E-state index in [0.717, 1.165) is 19.4 Å². The fourth-order valence-electron chi connectivity index (χ4n) is 3.30. The molecule has 0 bridgehead atoms. The summed E-state index contributed by atoms with van der Waals surface area (Å²) in [4.78, 5) is 29.6. The molecule has 1 N–H and O–H groups in total. The highest BCUT2D eigenvalue weighted by molar-refractivity contribution is 5.97. The molecule has 1 atom stereocenters. The maximum Gasteiger partial charge on any atom is 0.265 e. The Morgan fingerprint density at radius 3 is 2.82 bits per heavy atom. The summed E-state index contributed by atoms with van der Waals surface area (Å²) in [5.74, 6) is 0.516. The number of hydrogen-bond donors (Lipinski definition) is 1. The van der Waals surface area contributed by atoms with Gasteiger partial charge in [-0.1, -0.05) is 0 Å². The number of benzene rings is 2. The molecule has 3 aromatic rings. The van der Waals surface area contributed by atoms with E-state index in [-0.39, 0.29) is 17.6 Å². The fourth-order valence-corrected chi connectivity index (χ4v) is 3.30. The highest BCUT2D eigenvalue weighted by atomic mass is 16.5. The standard InChI is InChI=1S/C21H21N3O4/c1-27-16-7-5-15(6-8-16)24-13-23-19-11-14(4-9-18(19)21(24)26)20(25)22-12-17-3-2-10-28-17/h4-9,11,13,17H,2-3,10,12H2,1H3,(H,22,25)/t17-/m1/s1. The predicted molar refractivity (Wildman–Crippen MR) is 105 cm³/mol. The Labute approximate surface area is 161 Å². The van der Waals surface area contributed by atoms with Crippen LogP contribution in [0.15, 0.2) is 53.6 Å². The third-order valence-corrected chi connectivity index (χ3v) is 4.89. The summed E-state index contributed by atoms with van der Waals surface area (Å²) in [7, 11) is 1.59. The average Bonchev–Trinajstić information content (AvgIpc) is 3.26. The summed E-state index contributed by atoms with van der Waals surface area (Å²) in [6.45, 7) is 1.24. The van der Waals surface area contributed by atoms with Crippen molar-refractivity contribution in [1.29, 1.82) is 0 Å². The largest absolute Gasteiger partial charge is 0.497 e. The van der Waals surface area contributed by atoms with Gasteiger partial charge in [0.15, 0.2) is 0 Å². The second kappa shape index (κ2) is 7.82. The number of methoxy groups -OCH3 is 1. The summed E-state index contributed by atoms with van der Waals surface area (Å²) in [5.41, 5.74) is 1.46. The number of carbonyl (C=O) groups excluding carboxylic acids is 1. The van der Waals surface area contributed by atoms with Crippen LogP contribution in [0.5, 0.6) is 5.75 Å². The van der Waals surface area contributed by atoms with Gasteiger partial charge in [0.2, 0.25) is 0 Å². The van der Waals surface area contributed by atoms with Crippen molar-refractivity contribution < 1.29 is 14.3 Å². The molecule has 1 aliphatic heterocycles. The molecule has 1 aromatic heterocycles. The minimum atomic E-state index is -0.196. The van der Waals surface area contributed by atoms with Gasteiger partial charge in [0.05, 0.1) is 29.8 Å². The van der Waals surface area contributed by atoms with E-state index in [1.165, 1.54) is 10.9 Å². The lowest BCUT2D eigenvalue weighted by Crippen LogP contribution is -2.31. The molecule has 1 saturated heterocycles. The third-order valence-electron chi connectivity index (χ3n) is 4.89. The number of hydrogen-bond acceptors (Lipinski definition) is 5. The smallest absolute Gasteiger partial charge is 0.265 e. The first kappa shape index (κ1) is 18.2. The van der Waals surface area contributed by atoms with Crippen molar-refractivity contribution in [2.75, 3.05) is 20.3 Å². The van der Waals surface area contributed by atoms with Gasteiger partial charge in [0.1, 0.15) is 12.1 Å². The molecular formula is C21H21N3O4. The van der Waals surface area contributed by atoms with Gasteiger partial charge in [-0.3, -0.25) is 14.2 Å². The van der Waals surface area contributed by atoms with Crippen LogP contribution in [0.25, 0.3) is 16.6 Å². The molecule has 7 nitrogen and oxygen atoms in total. The Morgan fingerprint density at radius 2 is 2.11 bits per heavy atom. The molecule has 0 spiro atoms. The molecule has 4 rings (SSSR count). The Kier molecular flexibility index (Phi) is 5.08. The zero-order valence-electron chi connectivity index (χ0n) is 15.6. The van der Waals surface area contributed by atoms with Crippen molar-refractivity contribution in [3.8, 4) is 11.4 Å². The van der Waals surface area contributed by atoms with Crippen LogP contribution in [-0.4, -0.2) is 41.8 Å². The second-order valence-corrected chi connectivity index (χ2v) is 6.69. The van der Waals surface area contributed by atoms with E-state index in [9.17, 15) is 9.59 Å². The van der Waals surface area contributed by atoms with Crippen molar-refractivity contribution >= 4 is 16.8 Å². The maximum absolute atomic E-state index is 12.8. The summed E-state index contributed by atoms with van der Waals surface area (Å²) in [5, 5.41) is 3.33. The van der Waals surface area contributed by atoms with Crippen molar-refractivity contribution in [3.05, 3.63) is 64.7 Å². The topological polar surface area (TPSA) is 82.5 Å². The molecule has 2 heterocycles. The molecule has 0 radical (unpaired) electrons. The number of ether oxygens (including phenoxy) is 2. The van der Waals surface area contributed by atoms with Crippen LogP contribution < -0.4 is 15.6 Å². The minimum absolute atomic E-state index is 0.0826. The third kappa shape index (κ3) is 3.61. The van der Waals surface area contributed by atoms with Gasteiger partial charge in [-0.2, -0.15) is 0 Å². The number of carbonyl (C=O) groups is 1. The number of aromatic nitrogens is 2. The second-order valence-electron chi connectivity index (χ2n) is 6.69. The SMILES string of the molecule is COc1ccc(-n2cnc3cc(C(=O)NC[C@H]4CCCO4)ccc3c2=O)cc1. The van der Waals surface area contributed by atoms with E-state index in [1.807, 2.05) is 0 Å². The molecule has 7 heteroatoms. The average molecular weight is 379 g/mol. The van der Waals surface area contributed by atoms with Gasteiger partial charge < -0.3 is 14.8 Å². The number of nitrogens with one attached hydrogen (secondary N) is 1. The quantitative estimate of drug-likeness (QED) is 0.736. The van der Waals surface area contributed by atoms with E-state index in [4.69, 9.17) is 9.47 Å². The van der Waals surface area contributed by atoms with E-state index in [0.29, 0.717) is 34.4 Å². The monoisotopic (exact) mass is 379 g/mol. The van der Waals surface area contributed by atoms with E-state index < -0.39 is 0 Å². The highest BCUT2D eigenvalue weighted by Gasteiger charge is 2.17. The van der Waals surface area contributed by atoms with E-state index in [1.54, 1.807) is 49.6 Å². The predicted octanol–water partition coefficient (Wildman–Crippen LogP) is 2.30. The van der Waals surface area contributed by atoms with Gasteiger partial charge >= 0.3 is 0 Å². The van der Waals surface area contributed by atoms with Crippen molar-refractivity contribution in [1.82, 2.24) is 14.9 Å². The van der Waals surface area contributed by atoms with Gasteiger partial charge in [-0.25, -0.2) is 4.98 Å². The lowest BCUT2D eigenvalue weighted by molar-refractivity contribution is 0.0858. The molecule has 0 unspecified atom stereocenters. The van der Waals surface area contributed by atoms with Crippen LogP contribution >= 0.6 is 0 Å². The molecule has 1 fully saturated rings. The Morgan fingerprint density at radius 1 is 1.29 bits per heavy atom. The number of rotatable bonds is 5. The molecule has 0 saturated carbocycles. The summed E-state index contributed by atoms with van der Waals surface area (Å²) >= 11 is 0. The molecule has 28 heavy (non-hydrogen) atoms. The lowest BCUT2D eigenvalue weighted by Gasteiger charge is -2.11. The van der Waals surface area contributed by atoms with Crippen LogP contribution in [-0.2, 0) is 4.74 Å². The summed E-state index contributed by atoms with van der Waals surface area (Å²) < 4.78 is 12.1. The van der Waals surface area contributed by atoms with Gasteiger partial charge in [0.25, 0.3) is 11.5 Å². The van der Waals surface area contributed by atoms with E-state index >= 15 is 0 Å². The normalized spacial score (nSPS) is 16.2. The number of fused-ring (bicyclic) bond motifs is 1. The van der Waals surface area contributed by atoms with Gasteiger partial charge in [0, 0.05) is 18.7 Å². The molecule has 2 aromatic carbocycles. The molecular weight excluding hydrogens is 358 g/mol. The van der Waals surface area contributed by atoms with Gasteiger partial charge in [-0.05, 0) is 55.3 Å². The Hall–Kier alpha value is -3.19. The highest BCUT2D eigenvalue weighted by Crippen LogP contribution is 2.16. The first-order valence-electron chi connectivity index (χ1n) is 9.21. The lowest BCUT2D eigenvalue weighted by atomic mass is 10.1. The molecule has 1 aliphatic rings. The fraction of sp³-hybridized carbons (Fsp3) is 0.286. The maximum atomic E-state index is 12.8. The van der Waals surface area contributed by atoms with Gasteiger partial charge in [-0.15, -0.1) is 0 Å². The zero-order valence-corrected chi connectivity index (χ0v) is 15.6. The van der Waals surface area contributed by atoms with Crippen LogP contribution in [0.2, 0.25) is 0 Å². The summed E-state index contributed by atoms with van der Waals surface area (Å²) in [6.07, 6.45) is 3.55. The first-order chi connectivity index (χ1) is 13.7. The zero-order chi connectivity index (χ0) is 19.5. The van der Waals surface area contributed by atoms with E-state index in [2.05, 4.69) is 10.3 Å². The van der Waals surface area contributed by atoms with Crippen LogP contribution in [0, 0.1) is 0 Å². The van der Waals surface area contributed by atoms with Crippen LogP contribution in [0.3, 0.4) is 0 Å². The molecule has 0 aliphatic carbocycles. The molecule has 144 valence electrons. The van der Waals surface area contributed by atoms with Crippen molar-refractivity contribution in [2.24, 2.45) is 0 Å². The Bertz CT molecular complexity index is 1050. The van der Waals surface area contributed by atoms with Crippen molar-refractivity contribution in [2.45, 2.75) is 18.9 Å².